The van der Waals surface area contributed by atoms with Crippen molar-refractivity contribution in [2.24, 2.45) is 0 Å². The first-order valence-electron chi connectivity index (χ1n) is 9.29. The molecule has 3 aromatic carbocycles. The molecular weight excluding hydrogens is 443 g/mol. The van der Waals surface area contributed by atoms with E-state index in [1.54, 1.807) is 12.1 Å². The van der Waals surface area contributed by atoms with Gasteiger partial charge in [-0.25, -0.2) is 12.8 Å². The van der Waals surface area contributed by atoms with E-state index in [1.165, 1.54) is 36.4 Å². The zero-order valence-corrected chi connectivity index (χ0v) is 18.1. The van der Waals surface area contributed by atoms with Crippen LogP contribution in [-0.4, -0.2) is 20.9 Å². The van der Waals surface area contributed by atoms with Gasteiger partial charge in [0.15, 0.2) is 6.61 Å². The van der Waals surface area contributed by atoms with Crippen molar-refractivity contribution in [3.8, 4) is 5.75 Å². The average molecular weight is 463 g/mol. The summed E-state index contributed by atoms with van der Waals surface area (Å²) in [5.41, 5.74) is 1.15. The number of rotatable bonds is 8. The van der Waals surface area contributed by atoms with Crippen LogP contribution in [0.25, 0.3) is 0 Å². The normalized spacial score (nSPS) is 12.1. The molecule has 0 fully saturated rings. The highest BCUT2D eigenvalue weighted by Crippen LogP contribution is 2.20. The minimum atomic E-state index is -3.84. The molecule has 0 heterocycles. The third-order valence-electron chi connectivity index (χ3n) is 4.35. The number of ether oxygens (including phenoxy) is 1. The molecule has 1 atom stereocenters. The Bertz CT molecular complexity index is 1140. The van der Waals surface area contributed by atoms with E-state index in [2.05, 4.69) is 10.0 Å². The predicted molar refractivity (Wildman–Crippen MR) is 117 cm³/mol. The first kappa shape index (κ1) is 22.6. The smallest absolute Gasteiger partial charge is 0.261 e. The molecule has 0 unspecified atom stereocenters. The lowest BCUT2D eigenvalue weighted by Crippen LogP contribution is -2.31. The third-order valence-corrected chi connectivity index (χ3v) is 6.00. The zero-order chi connectivity index (χ0) is 22.4. The van der Waals surface area contributed by atoms with Gasteiger partial charge in [-0.15, -0.1) is 0 Å². The van der Waals surface area contributed by atoms with Gasteiger partial charge >= 0.3 is 0 Å². The monoisotopic (exact) mass is 462 g/mol. The molecule has 6 nitrogen and oxygen atoms in total. The van der Waals surface area contributed by atoms with Crippen molar-refractivity contribution >= 4 is 33.2 Å². The number of amides is 1. The molecule has 0 saturated carbocycles. The molecule has 0 spiro atoms. The molecule has 0 saturated heterocycles. The summed E-state index contributed by atoms with van der Waals surface area (Å²) < 4.78 is 45.6. The van der Waals surface area contributed by atoms with Crippen molar-refractivity contribution in [1.29, 1.82) is 0 Å². The van der Waals surface area contributed by atoms with Crippen molar-refractivity contribution in [1.82, 2.24) is 5.32 Å². The second-order valence-corrected chi connectivity index (χ2v) is 8.83. The Morgan fingerprint density at radius 1 is 1.00 bits per heavy atom. The summed E-state index contributed by atoms with van der Waals surface area (Å²) in [6.07, 6.45) is 0. The minimum absolute atomic E-state index is 0.00462. The maximum atomic E-state index is 13.0. The highest BCUT2D eigenvalue weighted by Gasteiger charge is 2.15. The van der Waals surface area contributed by atoms with E-state index < -0.39 is 15.8 Å². The Balaban J connectivity index is 1.54. The largest absolute Gasteiger partial charge is 0.484 e. The van der Waals surface area contributed by atoms with Gasteiger partial charge in [-0.05, 0) is 73.2 Å². The molecule has 3 rings (SSSR count). The molecular formula is C22H20ClFN2O4S. The molecule has 2 N–H and O–H groups in total. The standard InChI is InChI=1S/C22H20ClFN2O4S/c1-15(16-2-4-17(23)5-3-16)25-22(27)14-30-20-10-12-21(13-11-20)31(28,29)26-19-8-6-18(24)7-9-19/h2-13,15,26H,14H2,1H3,(H,25,27)/t15-/m1/s1. The number of benzene rings is 3. The van der Waals surface area contributed by atoms with Crippen LogP contribution in [-0.2, 0) is 14.8 Å². The van der Waals surface area contributed by atoms with Gasteiger partial charge in [-0.1, -0.05) is 23.7 Å². The first-order valence-corrected chi connectivity index (χ1v) is 11.1. The summed E-state index contributed by atoms with van der Waals surface area (Å²) >= 11 is 5.86. The summed E-state index contributed by atoms with van der Waals surface area (Å²) in [4.78, 5) is 12.1. The van der Waals surface area contributed by atoms with E-state index in [4.69, 9.17) is 16.3 Å². The number of nitrogens with one attached hydrogen (secondary N) is 2. The van der Waals surface area contributed by atoms with Gasteiger partial charge in [0.05, 0.1) is 10.9 Å². The molecule has 0 aliphatic rings. The Morgan fingerprint density at radius 2 is 1.61 bits per heavy atom. The van der Waals surface area contributed by atoms with Crippen LogP contribution in [0.15, 0.2) is 77.7 Å². The fourth-order valence-electron chi connectivity index (χ4n) is 2.71. The van der Waals surface area contributed by atoms with E-state index in [0.717, 1.165) is 17.7 Å². The van der Waals surface area contributed by atoms with Crippen molar-refractivity contribution in [3.63, 3.8) is 0 Å². The van der Waals surface area contributed by atoms with Crippen LogP contribution in [0.4, 0.5) is 10.1 Å². The summed E-state index contributed by atoms with van der Waals surface area (Å²) in [5.74, 6) is -0.441. The molecule has 31 heavy (non-hydrogen) atoms. The summed E-state index contributed by atoms with van der Waals surface area (Å²) in [7, 11) is -3.84. The lowest BCUT2D eigenvalue weighted by Gasteiger charge is -2.15. The van der Waals surface area contributed by atoms with E-state index in [9.17, 15) is 17.6 Å². The highest BCUT2D eigenvalue weighted by atomic mass is 35.5. The molecule has 9 heteroatoms. The topological polar surface area (TPSA) is 84.5 Å². The van der Waals surface area contributed by atoms with Crippen molar-refractivity contribution in [2.75, 3.05) is 11.3 Å². The highest BCUT2D eigenvalue weighted by molar-refractivity contribution is 7.92. The van der Waals surface area contributed by atoms with Crippen LogP contribution in [0, 0.1) is 5.82 Å². The van der Waals surface area contributed by atoms with E-state index in [1.807, 2.05) is 19.1 Å². The predicted octanol–water partition coefficient (Wildman–Crippen LogP) is 4.54. The van der Waals surface area contributed by atoms with Crippen LogP contribution in [0.2, 0.25) is 5.02 Å². The van der Waals surface area contributed by atoms with Crippen LogP contribution >= 0.6 is 11.6 Å². The quantitative estimate of drug-likeness (QED) is 0.515. The molecule has 162 valence electrons. The number of carbonyl (C=O) groups is 1. The van der Waals surface area contributed by atoms with Gasteiger partial charge in [0.2, 0.25) is 0 Å². The Hall–Kier alpha value is -3.10. The maximum absolute atomic E-state index is 13.0. The first-order chi connectivity index (χ1) is 14.7. The summed E-state index contributed by atoms with van der Waals surface area (Å²) in [5, 5.41) is 3.43. The van der Waals surface area contributed by atoms with Crippen molar-refractivity contribution in [2.45, 2.75) is 17.9 Å². The van der Waals surface area contributed by atoms with E-state index in [-0.39, 0.29) is 29.1 Å². The van der Waals surface area contributed by atoms with Gasteiger partial charge in [0.25, 0.3) is 15.9 Å². The number of hydrogen-bond donors (Lipinski definition) is 2. The molecule has 0 bridgehead atoms. The minimum Gasteiger partial charge on any atom is -0.484 e. The molecule has 3 aromatic rings. The van der Waals surface area contributed by atoms with Gasteiger partial charge in [-0.3, -0.25) is 9.52 Å². The van der Waals surface area contributed by atoms with E-state index >= 15 is 0 Å². The van der Waals surface area contributed by atoms with Crippen molar-refractivity contribution < 1.29 is 22.3 Å². The number of hydrogen-bond acceptors (Lipinski definition) is 4. The van der Waals surface area contributed by atoms with Crippen LogP contribution in [0.1, 0.15) is 18.5 Å². The number of carbonyl (C=O) groups excluding carboxylic acids is 1. The molecule has 0 aliphatic carbocycles. The average Bonchev–Trinajstić information content (AvgIpc) is 2.74. The maximum Gasteiger partial charge on any atom is 0.261 e. The van der Waals surface area contributed by atoms with Crippen LogP contribution < -0.4 is 14.8 Å². The summed E-state index contributed by atoms with van der Waals surface area (Å²) in [6, 6.07) is 17.5. The number of anilines is 1. The Morgan fingerprint density at radius 3 is 2.23 bits per heavy atom. The molecule has 0 radical (unpaired) electrons. The fourth-order valence-corrected chi connectivity index (χ4v) is 3.90. The van der Waals surface area contributed by atoms with Gasteiger partial charge < -0.3 is 10.1 Å². The fraction of sp³-hybridized carbons (Fsp3) is 0.136. The molecule has 1 amide bonds. The molecule has 0 aromatic heterocycles. The third kappa shape index (κ3) is 6.44. The van der Waals surface area contributed by atoms with Crippen LogP contribution in [0.3, 0.4) is 0 Å². The van der Waals surface area contributed by atoms with Gasteiger partial charge in [-0.2, -0.15) is 0 Å². The molecule has 0 aliphatic heterocycles. The lowest BCUT2D eigenvalue weighted by molar-refractivity contribution is -0.123. The van der Waals surface area contributed by atoms with E-state index in [0.29, 0.717) is 10.8 Å². The Kier molecular flexibility index (Phi) is 7.14. The second kappa shape index (κ2) is 9.80. The number of halogens is 2. The lowest BCUT2D eigenvalue weighted by atomic mass is 10.1. The second-order valence-electron chi connectivity index (χ2n) is 6.71. The zero-order valence-electron chi connectivity index (χ0n) is 16.5. The van der Waals surface area contributed by atoms with Crippen LogP contribution in [0.5, 0.6) is 5.75 Å². The SMILES string of the molecule is C[C@@H](NC(=O)COc1ccc(S(=O)(=O)Nc2ccc(F)cc2)cc1)c1ccc(Cl)cc1. The van der Waals surface area contributed by atoms with Gasteiger partial charge in [0.1, 0.15) is 11.6 Å². The van der Waals surface area contributed by atoms with Gasteiger partial charge in [0, 0.05) is 10.7 Å². The Labute approximate surface area is 185 Å². The van der Waals surface area contributed by atoms with Crippen molar-refractivity contribution in [3.05, 3.63) is 89.2 Å². The number of sulfonamides is 1. The summed E-state index contributed by atoms with van der Waals surface area (Å²) in [6.45, 7) is 1.62.